The van der Waals surface area contributed by atoms with Gasteiger partial charge in [0.15, 0.2) is 0 Å². The van der Waals surface area contributed by atoms with E-state index < -0.39 is 0 Å². The molecule has 0 saturated heterocycles. The van der Waals surface area contributed by atoms with Crippen molar-refractivity contribution >= 4 is 5.91 Å². The molecular formula is C19H21F2NO2. The van der Waals surface area contributed by atoms with Crippen molar-refractivity contribution in [2.75, 3.05) is 13.2 Å². The molecule has 0 aromatic heterocycles. The average molecular weight is 333 g/mol. The van der Waals surface area contributed by atoms with Crippen LogP contribution in [0.3, 0.4) is 0 Å². The van der Waals surface area contributed by atoms with E-state index in [2.05, 4.69) is 5.32 Å². The van der Waals surface area contributed by atoms with Crippen molar-refractivity contribution in [1.29, 1.82) is 0 Å². The molecule has 1 amide bonds. The van der Waals surface area contributed by atoms with Gasteiger partial charge in [0.25, 0.3) is 0 Å². The number of benzene rings is 2. The molecule has 2 aromatic carbocycles. The van der Waals surface area contributed by atoms with Crippen LogP contribution in [0.15, 0.2) is 48.5 Å². The number of halogens is 2. The van der Waals surface area contributed by atoms with Crippen LogP contribution in [-0.4, -0.2) is 19.1 Å². The van der Waals surface area contributed by atoms with Crippen molar-refractivity contribution in [2.45, 2.75) is 25.7 Å². The Bertz CT molecular complexity index is 644. The number of carbonyl (C=O) groups is 1. The van der Waals surface area contributed by atoms with Gasteiger partial charge in [-0.1, -0.05) is 18.2 Å². The van der Waals surface area contributed by atoms with E-state index in [1.54, 1.807) is 30.3 Å². The summed E-state index contributed by atoms with van der Waals surface area (Å²) in [6, 6.07) is 12.4. The molecule has 2 aromatic rings. The number of hydrogen-bond acceptors (Lipinski definition) is 2. The van der Waals surface area contributed by atoms with Gasteiger partial charge in [-0.25, -0.2) is 8.78 Å². The molecule has 0 unspecified atom stereocenters. The monoisotopic (exact) mass is 333 g/mol. The van der Waals surface area contributed by atoms with Crippen molar-refractivity contribution in [3.05, 3.63) is 65.7 Å². The lowest BCUT2D eigenvalue weighted by Gasteiger charge is -2.07. The Morgan fingerprint density at radius 2 is 1.75 bits per heavy atom. The molecule has 0 bridgehead atoms. The zero-order chi connectivity index (χ0) is 17.2. The molecule has 0 spiro atoms. The molecule has 1 N–H and O–H groups in total. The van der Waals surface area contributed by atoms with E-state index in [9.17, 15) is 13.6 Å². The minimum atomic E-state index is -0.291. The fourth-order valence-corrected chi connectivity index (χ4v) is 2.21. The van der Waals surface area contributed by atoms with Crippen LogP contribution >= 0.6 is 0 Å². The minimum Gasteiger partial charge on any atom is -0.494 e. The third-order valence-electron chi connectivity index (χ3n) is 3.55. The highest BCUT2D eigenvalue weighted by atomic mass is 19.1. The first-order valence-electron chi connectivity index (χ1n) is 8.03. The van der Waals surface area contributed by atoms with Crippen LogP contribution in [0.2, 0.25) is 0 Å². The number of nitrogens with one attached hydrogen (secondary N) is 1. The zero-order valence-corrected chi connectivity index (χ0v) is 13.4. The summed E-state index contributed by atoms with van der Waals surface area (Å²) in [5, 5.41) is 2.81. The summed E-state index contributed by atoms with van der Waals surface area (Å²) in [4.78, 5) is 11.7. The lowest BCUT2D eigenvalue weighted by molar-refractivity contribution is -0.121. The molecule has 5 heteroatoms. The van der Waals surface area contributed by atoms with Gasteiger partial charge >= 0.3 is 0 Å². The maximum absolute atomic E-state index is 13.4. The first kappa shape index (κ1) is 17.9. The number of amides is 1. The SMILES string of the molecule is O=C(CCc1ccccc1F)NCCCCOc1ccc(F)cc1. The highest BCUT2D eigenvalue weighted by molar-refractivity contribution is 5.76. The zero-order valence-electron chi connectivity index (χ0n) is 13.4. The quantitative estimate of drug-likeness (QED) is 0.708. The number of aryl methyl sites for hydroxylation is 1. The Hall–Kier alpha value is -2.43. The van der Waals surface area contributed by atoms with E-state index in [1.165, 1.54) is 18.2 Å². The maximum atomic E-state index is 13.4. The Balaban J connectivity index is 1.53. The van der Waals surface area contributed by atoms with Crippen LogP contribution in [0.25, 0.3) is 0 Å². The van der Waals surface area contributed by atoms with E-state index in [4.69, 9.17) is 4.74 Å². The number of rotatable bonds is 9. The Labute approximate surface area is 140 Å². The summed E-state index contributed by atoms with van der Waals surface area (Å²) in [6.45, 7) is 1.07. The Kier molecular flexibility index (Phi) is 7.21. The van der Waals surface area contributed by atoms with Crippen molar-refractivity contribution in [2.24, 2.45) is 0 Å². The fraction of sp³-hybridized carbons (Fsp3) is 0.316. The van der Waals surface area contributed by atoms with Crippen molar-refractivity contribution < 1.29 is 18.3 Å². The summed E-state index contributed by atoms with van der Waals surface area (Å²) in [5.74, 6) is -0.0216. The highest BCUT2D eigenvalue weighted by Gasteiger charge is 2.05. The van der Waals surface area contributed by atoms with Gasteiger partial charge in [-0.05, 0) is 55.2 Å². The second-order valence-electron chi connectivity index (χ2n) is 5.45. The minimum absolute atomic E-state index is 0.0855. The molecule has 0 atom stereocenters. The number of unbranched alkanes of at least 4 members (excludes halogenated alkanes) is 1. The number of ether oxygens (including phenoxy) is 1. The number of hydrogen-bond donors (Lipinski definition) is 1. The van der Waals surface area contributed by atoms with Gasteiger partial charge in [0, 0.05) is 13.0 Å². The van der Waals surface area contributed by atoms with Crippen molar-refractivity contribution in [3.63, 3.8) is 0 Å². The van der Waals surface area contributed by atoms with E-state index in [-0.39, 0.29) is 24.0 Å². The highest BCUT2D eigenvalue weighted by Crippen LogP contribution is 2.11. The van der Waals surface area contributed by atoms with Gasteiger partial charge in [0.2, 0.25) is 5.91 Å². The predicted octanol–water partition coefficient (Wildman–Crippen LogP) is 3.87. The molecular weight excluding hydrogens is 312 g/mol. The molecule has 2 rings (SSSR count). The van der Waals surface area contributed by atoms with E-state index in [0.717, 1.165) is 12.8 Å². The van der Waals surface area contributed by atoms with Crippen LogP contribution < -0.4 is 10.1 Å². The van der Waals surface area contributed by atoms with Crippen LogP contribution in [0.5, 0.6) is 5.75 Å². The summed E-state index contributed by atoms with van der Waals surface area (Å²) < 4.78 is 31.6. The predicted molar refractivity (Wildman–Crippen MR) is 88.9 cm³/mol. The Morgan fingerprint density at radius 3 is 2.50 bits per heavy atom. The van der Waals surface area contributed by atoms with E-state index in [0.29, 0.717) is 30.9 Å². The van der Waals surface area contributed by atoms with Crippen LogP contribution in [-0.2, 0) is 11.2 Å². The lowest BCUT2D eigenvalue weighted by atomic mass is 10.1. The van der Waals surface area contributed by atoms with Gasteiger partial charge in [-0.15, -0.1) is 0 Å². The first-order chi connectivity index (χ1) is 11.6. The molecule has 24 heavy (non-hydrogen) atoms. The molecule has 0 radical (unpaired) electrons. The first-order valence-corrected chi connectivity index (χ1v) is 8.03. The van der Waals surface area contributed by atoms with Crippen molar-refractivity contribution in [1.82, 2.24) is 5.32 Å². The summed E-state index contributed by atoms with van der Waals surface area (Å²) in [7, 11) is 0. The van der Waals surface area contributed by atoms with E-state index >= 15 is 0 Å². The van der Waals surface area contributed by atoms with Crippen LogP contribution in [0.1, 0.15) is 24.8 Å². The third kappa shape index (κ3) is 6.36. The van der Waals surface area contributed by atoms with Crippen LogP contribution in [0, 0.1) is 11.6 Å². The normalized spacial score (nSPS) is 10.4. The lowest BCUT2D eigenvalue weighted by Crippen LogP contribution is -2.25. The fourth-order valence-electron chi connectivity index (χ4n) is 2.21. The largest absolute Gasteiger partial charge is 0.494 e. The molecule has 0 heterocycles. The maximum Gasteiger partial charge on any atom is 0.220 e. The van der Waals surface area contributed by atoms with Crippen LogP contribution in [0.4, 0.5) is 8.78 Å². The van der Waals surface area contributed by atoms with E-state index in [1.807, 2.05) is 0 Å². The second kappa shape index (κ2) is 9.65. The number of carbonyl (C=O) groups excluding carboxylic acids is 1. The summed E-state index contributed by atoms with van der Waals surface area (Å²) >= 11 is 0. The molecule has 0 aliphatic carbocycles. The topological polar surface area (TPSA) is 38.3 Å². The molecule has 0 fully saturated rings. The van der Waals surface area contributed by atoms with Gasteiger partial charge in [-0.2, -0.15) is 0 Å². The molecule has 128 valence electrons. The smallest absolute Gasteiger partial charge is 0.220 e. The summed E-state index contributed by atoms with van der Waals surface area (Å²) in [6.07, 6.45) is 2.23. The standard InChI is InChI=1S/C19H21F2NO2/c20-16-8-10-17(11-9-16)24-14-4-3-13-22-19(23)12-7-15-5-1-2-6-18(15)21/h1-2,5-6,8-11H,3-4,7,12-14H2,(H,22,23). The second-order valence-corrected chi connectivity index (χ2v) is 5.45. The average Bonchev–Trinajstić information content (AvgIpc) is 2.59. The summed E-state index contributed by atoms with van der Waals surface area (Å²) in [5.41, 5.74) is 0.556. The van der Waals surface area contributed by atoms with Gasteiger partial charge in [0.1, 0.15) is 17.4 Å². The molecule has 0 aliphatic heterocycles. The van der Waals surface area contributed by atoms with Gasteiger partial charge in [-0.3, -0.25) is 4.79 Å². The molecule has 3 nitrogen and oxygen atoms in total. The molecule has 0 saturated carbocycles. The third-order valence-corrected chi connectivity index (χ3v) is 3.55. The van der Waals surface area contributed by atoms with Gasteiger partial charge < -0.3 is 10.1 Å². The Morgan fingerprint density at radius 1 is 1.00 bits per heavy atom. The van der Waals surface area contributed by atoms with Gasteiger partial charge in [0.05, 0.1) is 6.61 Å². The molecule has 0 aliphatic rings. The van der Waals surface area contributed by atoms with Crippen molar-refractivity contribution in [3.8, 4) is 5.75 Å².